The number of nitrogens with one attached hydrogen (secondary N) is 1. The molecule has 1 amide bonds. The van der Waals surface area contributed by atoms with Gasteiger partial charge in [-0.25, -0.2) is 0 Å². The third-order valence-electron chi connectivity index (χ3n) is 2.01. The molecule has 1 rings (SSSR count). The van der Waals surface area contributed by atoms with Crippen molar-refractivity contribution in [1.82, 2.24) is 5.32 Å². The van der Waals surface area contributed by atoms with Gasteiger partial charge in [0.15, 0.2) is 0 Å². The van der Waals surface area contributed by atoms with Crippen molar-refractivity contribution >= 4 is 5.91 Å². The summed E-state index contributed by atoms with van der Waals surface area (Å²) in [6.45, 7) is 0.632. The third kappa shape index (κ3) is 3.26. The summed E-state index contributed by atoms with van der Waals surface area (Å²) < 4.78 is 5.06. The van der Waals surface area contributed by atoms with Gasteiger partial charge in [-0.15, -0.1) is 0 Å². The Balaban J connectivity index is 2.69. The number of ether oxygens (including phenoxy) is 1. The van der Waals surface area contributed by atoms with Crippen molar-refractivity contribution in [2.75, 3.05) is 13.7 Å². The highest BCUT2D eigenvalue weighted by molar-refractivity contribution is 5.75. The highest BCUT2D eigenvalue weighted by atomic mass is 16.5. The summed E-state index contributed by atoms with van der Waals surface area (Å²) in [4.78, 5) is 10.5. The number of carbonyl (C=O) groups is 1. The van der Waals surface area contributed by atoms with Crippen LogP contribution >= 0.6 is 0 Å². The molecule has 1 aromatic rings. The minimum Gasteiger partial charge on any atom is -0.495 e. The van der Waals surface area contributed by atoms with E-state index in [-0.39, 0.29) is 6.54 Å². The van der Waals surface area contributed by atoms with E-state index in [9.17, 15) is 4.79 Å². The molecule has 0 aliphatic heterocycles. The molecule has 0 aliphatic carbocycles. The van der Waals surface area contributed by atoms with Crippen LogP contribution in [0, 0.1) is 11.3 Å². The van der Waals surface area contributed by atoms with Gasteiger partial charge in [0.1, 0.15) is 11.8 Å². The largest absolute Gasteiger partial charge is 0.495 e. The number of nitriles is 1. The standard InChI is InChI=1S/C11H13N3O2/c1-16-10-4-8(2-3-9(10)5-12)6-14-7-11(13)15/h2-4,14H,6-7H2,1H3,(H2,13,15). The molecule has 1 aromatic carbocycles. The molecule has 0 unspecified atom stereocenters. The van der Waals surface area contributed by atoms with Crippen LogP contribution in [0.5, 0.6) is 5.75 Å². The molecule has 0 atom stereocenters. The number of hydrogen-bond acceptors (Lipinski definition) is 4. The van der Waals surface area contributed by atoms with E-state index in [0.29, 0.717) is 17.9 Å². The van der Waals surface area contributed by atoms with Crippen LogP contribution in [0.2, 0.25) is 0 Å². The number of nitrogens with two attached hydrogens (primary N) is 1. The van der Waals surface area contributed by atoms with Gasteiger partial charge in [0, 0.05) is 6.54 Å². The second-order valence-electron chi connectivity index (χ2n) is 3.22. The first-order chi connectivity index (χ1) is 7.67. The summed E-state index contributed by atoms with van der Waals surface area (Å²) in [5, 5.41) is 11.7. The first-order valence-corrected chi connectivity index (χ1v) is 4.73. The molecular weight excluding hydrogens is 206 g/mol. The van der Waals surface area contributed by atoms with Crippen LogP contribution in [-0.4, -0.2) is 19.6 Å². The van der Waals surface area contributed by atoms with Gasteiger partial charge in [-0.1, -0.05) is 6.07 Å². The second-order valence-corrected chi connectivity index (χ2v) is 3.22. The topological polar surface area (TPSA) is 88.1 Å². The normalized spacial score (nSPS) is 9.50. The fraction of sp³-hybridized carbons (Fsp3) is 0.273. The van der Waals surface area contributed by atoms with Crippen LogP contribution in [0.25, 0.3) is 0 Å². The molecule has 0 spiro atoms. The number of rotatable bonds is 5. The number of hydrogen-bond donors (Lipinski definition) is 2. The van der Waals surface area contributed by atoms with Crippen molar-refractivity contribution in [3.05, 3.63) is 29.3 Å². The van der Waals surface area contributed by atoms with Crippen LogP contribution in [0.4, 0.5) is 0 Å². The maximum absolute atomic E-state index is 10.5. The van der Waals surface area contributed by atoms with E-state index in [0.717, 1.165) is 5.56 Å². The molecule has 0 radical (unpaired) electrons. The Bertz CT molecular complexity index is 424. The molecule has 0 aromatic heterocycles. The first-order valence-electron chi connectivity index (χ1n) is 4.73. The Kier molecular flexibility index (Phi) is 4.30. The first kappa shape index (κ1) is 12.0. The number of primary amides is 1. The summed E-state index contributed by atoms with van der Waals surface area (Å²) in [6, 6.07) is 7.27. The quantitative estimate of drug-likeness (QED) is 0.737. The van der Waals surface area contributed by atoms with Gasteiger partial charge in [-0.3, -0.25) is 4.79 Å². The van der Waals surface area contributed by atoms with Crippen LogP contribution < -0.4 is 15.8 Å². The number of amides is 1. The Morgan fingerprint density at radius 3 is 2.94 bits per heavy atom. The average Bonchev–Trinajstić information content (AvgIpc) is 2.28. The molecule has 84 valence electrons. The van der Waals surface area contributed by atoms with Crippen LogP contribution in [0.15, 0.2) is 18.2 Å². The van der Waals surface area contributed by atoms with Crippen molar-refractivity contribution in [2.24, 2.45) is 5.73 Å². The lowest BCUT2D eigenvalue weighted by Crippen LogP contribution is -2.28. The fourth-order valence-electron chi connectivity index (χ4n) is 1.27. The van der Waals surface area contributed by atoms with Gasteiger partial charge in [-0.2, -0.15) is 5.26 Å². The van der Waals surface area contributed by atoms with E-state index in [1.165, 1.54) is 7.11 Å². The Morgan fingerprint density at radius 1 is 1.62 bits per heavy atom. The summed E-state index contributed by atoms with van der Waals surface area (Å²) in [6.07, 6.45) is 0. The van der Waals surface area contributed by atoms with Gasteiger partial charge >= 0.3 is 0 Å². The predicted octanol–water partition coefficient (Wildman–Crippen LogP) is 0.142. The van der Waals surface area contributed by atoms with Gasteiger partial charge in [-0.05, 0) is 17.7 Å². The van der Waals surface area contributed by atoms with Gasteiger partial charge < -0.3 is 15.8 Å². The molecule has 0 heterocycles. The van der Waals surface area contributed by atoms with Crippen LogP contribution in [0.3, 0.4) is 0 Å². The Labute approximate surface area is 93.8 Å². The SMILES string of the molecule is COc1cc(CNCC(N)=O)ccc1C#N. The summed E-state index contributed by atoms with van der Waals surface area (Å²) in [7, 11) is 1.51. The lowest BCUT2D eigenvalue weighted by atomic mass is 10.1. The summed E-state index contributed by atoms with van der Waals surface area (Å²) >= 11 is 0. The zero-order valence-electron chi connectivity index (χ0n) is 8.99. The number of methoxy groups -OCH3 is 1. The fourth-order valence-corrected chi connectivity index (χ4v) is 1.27. The molecule has 0 saturated heterocycles. The zero-order valence-corrected chi connectivity index (χ0v) is 8.99. The minimum atomic E-state index is -0.402. The van der Waals surface area contributed by atoms with E-state index in [1.807, 2.05) is 6.07 Å². The number of nitrogens with zero attached hydrogens (tertiary/aromatic N) is 1. The Morgan fingerprint density at radius 2 is 2.38 bits per heavy atom. The van der Waals surface area contributed by atoms with E-state index >= 15 is 0 Å². The van der Waals surface area contributed by atoms with Crippen molar-refractivity contribution in [3.63, 3.8) is 0 Å². The van der Waals surface area contributed by atoms with Crippen molar-refractivity contribution in [1.29, 1.82) is 5.26 Å². The molecule has 0 fully saturated rings. The monoisotopic (exact) mass is 219 g/mol. The maximum Gasteiger partial charge on any atom is 0.231 e. The lowest BCUT2D eigenvalue weighted by Gasteiger charge is -2.06. The zero-order chi connectivity index (χ0) is 12.0. The van der Waals surface area contributed by atoms with Gasteiger partial charge in [0.2, 0.25) is 5.91 Å². The molecule has 0 aliphatic rings. The smallest absolute Gasteiger partial charge is 0.231 e. The predicted molar refractivity (Wildman–Crippen MR) is 58.6 cm³/mol. The minimum absolute atomic E-state index is 0.127. The van der Waals surface area contributed by atoms with E-state index in [2.05, 4.69) is 5.32 Å². The second kappa shape index (κ2) is 5.73. The molecule has 5 heteroatoms. The molecular formula is C11H13N3O2. The van der Waals surface area contributed by atoms with E-state index < -0.39 is 5.91 Å². The van der Waals surface area contributed by atoms with Gasteiger partial charge in [0.05, 0.1) is 19.2 Å². The Hall–Kier alpha value is -2.06. The molecule has 3 N–H and O–H groups in total. The van der Waals surface area contributed by atoms with Crippen LogP contribution in [-0.2, 0) is 11.3 Å². The number of carbonyl (C=O) groups excluding carboxylic acids is 1. The highest BCUT2D eigenvalue weighted by Gasteiger charge is 2.03. The number of benzene rings is 1. The summed E-state index contributed by atoms with van der Waals surface area (Å²) in [5.41, 5.74) is 6.40. The van der Waals surface area contributed by atoms with Crippen LogP contribution in [0.1, 0.15) is 11.1 Å². The van der Waals surface area contributed by atoms with E-state index in [1.54, 1.807) is 18.2 Å². The molecule has 5 nitrogen and oxygen atoms in total. The summed E-state index contributed by atoms with van der Waals surface area (Å²) in [5.74, 6) is 0.126. The lowest BCUT2D eigenvalue weighted by molar-refractivity contribution is -0.117. The van der Waals surface area contributed by atoms with Gasteiger partial charge in [0.25, 0.3) is 0 Å². The van der Waals surface area contributed by atoms with E-state index in [4.69, 9.17) is 15.7 Å². The third-order valence-corrected chi connectivity index (χ3v) is 2.01. The average molecular weight is 219 g/mol. The highest BCUT2D eigenvalue weighted by Crippen LogP contribution is 2.18. The molecule has 16 heavy (non-hydrogen) atoms. The molecule has 0 bridgehead atoms. The maximum atomic E-state index is 10.5. The molecule has 0 saturated carbocycles. The van der Waals surface area contributed by atoms with Crippen molar-refractivity contribution < 1.29 is 9.53 Å². The van der Waals surface area contributed by atoms with Crippen molar-refractivity contribution in [3.8, 4) is 11.8 Å². The van der Waals surface area contributed by atoms with Crippen molar-refractivity contribution in [2.45, 2.75) is 6.54 Å².